The van der Waals surface area contributed by atoms with E-state index in [0.29, 0.717) is 36.7 Å². The second-order valence-electron chi connectivity index (χ2n) is 16.1. The molecule has 0 aromatic carbocycles. The maximum atomic E-state index is 12.5. The quantitative estimate of drug-likeness (QED) is 0.104. The van der Waals surface area contributed by atoms with Gasteiger partial charge in [-0.2, -0.15) is 26.3 Å². The molecule has 286 valence electrons. The summed E-state index contributed by atoms with van der Waals surface area (Å²) in [6, 6.07) is 0. The van der Waals surface area contributed by atoms with Gasteiger partial charge in [-0.25, -0.2) is 9.59 Å². The van der Waals surface area contributed by atoms with E-state index >= 15 is 0 Å². The Morgan fingerprint density at radius 2 is 1.40 bits per heavy atom. The van der Waals surface area contributed by atoms with Crippen molar-refractivity contribution in [3.63, 3.8) is 0 Å². The molecule has 0 radical (unpaired) electrons. The summed E-state index contributed by atoms with van der Waals surface area (Å²) < 4.78 is 100.0. The normalized spacial score (nSPS) is 42.6. The first-order valence-corrected chi connectivity index (χ1v) is 18.0. The van der Waals surface area contributed by atoms with Crippen LogP contribution in [0.2, 0.25) is 0 Å². The van der Waals surface area contributed by atoms with Crippen LogP contribution in [0.1, 0.15) is 64.7 Å². The summed E-state index contributed by atoms with van der Waals surface area (Å²) in [5.74, 6) is 0.402. The van der Waals surface area contributed by atoms with Crippen molar-refractivity contribution >= 4 is 23.9 Å². The zero-order chi connectivity index (χ0) is 37.5. The van der Waals surface area contributed by atoms with Crippen molar-refractivity contribution in [2.45, 2.75) is 107 Å². The fraction of sp³-hybridized carbons (Fsp3) is 0.730. The fourth-order valence-corrected chi connectivity index (χ4v) is 10.5. The van der Waals surface area contributed by atoms with Crippen LogP contribution in [0, 0.1) is 53.3 Å². The smallest absolute Gasteiger partial charge is 0.422 e. The van der Waals surface area contributed by atoms with E-state index in [1.54, 1.807) is 0 Å². The third-order valence-corrected chi connectivity index (χ3v) is 13.1. The van der Waals surface area contributed by atoms with Crippen molar-refractivity contribution in [2.75, 3.05) is 6.61 Å². The molecule has 5 saturated carbocycles. The molecule has 4 saturated heterocycles. The van der Waals surface area contributed by atoms with Crippen molar-refractivity contribution in [2.24, 2.45) is 53.3 Å². The molecular formula is C37H42F6O9. The van der Waals surface area contributed by atoms with Crippen LogP contribution < -0.4 is 0 Å². The highest BCUT2D eigenvalue weighted by Gasteiger charge is 2.65. The molecule has 15 heteroatoms. The number of fused-ring (bicyclic) bond motifs is 3. The molecule has 4 heterocycles. The standard InChI is InChI=1S/C15H19F3O2.C11H9F3O5.C11H14O2/c1-8(15(16,17)18)13(19)20-14(2)11-4-9-3-10(6-11)7-12(14)5-9;1-3(11(12,13)14)9(15)18-7-5-2-4-6(17-5)8(7)19-10(4)16;12-11-9(3-4-13-11)10-6-7-1-2-8(10)5-7/h9-12H,1,3-7H2,2H3;4-8H,1-2H2;1-2,7-10H,3-6H2. The van der Waals surface area contributed by atoms with Gasteiger partial charge in [0.25, 0.3) is 0 Å². The van der Waals surface area contributed by atoms with Crippen LogP contribution in [0.4, 0.5) is 26.3 Å². The molecule has 9 fully saturated rings. The van der Waals surface area contributed by atoms with Gasteiger partial charge in [-0.15, -0.1) is 0 Å². The van der Waals surface area contributed by atoms with Gasteiger partial charge >= 0.3 is 36.2 Å². The zero-order valence-electron chi connectivity index (χ0n) is 28.6. The Balaban J connectivity index is 0.000000124. The van der Waals surface area contributed by atoms with E-state index in [1.165, 1.54) is 19.3 Å². The number of ether oxygens (including phenoxy) is 5. The molecule has 0 spiro atoms. The molecule has 6 aliphatic carbocycles. The minimum atomic E-state index is -4.84. The Bertz CT molecular complexity index is 1520. The maximum Gasteiger partial charge on any atom is 0.422 e. The summed E-state index contributed by atoms with van der Waals surface area (Å²) in [7, 11) is 0. The minimum absolute atomic E-state index is 0.0611. The average Bonchev–Trinajstić information content (AvgIpc) is 3.92. The number of allylic oxidation sites excluding steroid dienone is 2. The molecule has 52 heavy (non-hydrogen) atoms. The number of halogens is 6. The van der Waals surface area contributed by atoms with E-state index in [1.807, 2.05) is 6.92 Å². The van der Waals surface area contributed by atoms with E-state index in [2.05, 4.69) is 25.3 Å². The lowest BCUT2D eigenvalue weighted by Gasteiger charge is -2.59. The monoisotopic (exact) mass is 744 g/mol. The molecule has 10 rings (SSSR count). The molecule has 0 N–H and O–H groups in total. The first kappa shape index (κ1) is 37.0. The molecule has 0 amide bonds. The lowest BCUT2D eigenvalue weighted by atomic mass is 9.50. The number of hydrogen-bond donors (Lipinski definition) is 0. The van der Waals surface area contributed by atoms with Gasteiger partial charge < -0.3 is 23.7 Å². The molecule has 8 bridgehead atoms. The van der Waals surface area contributed by atoms with Gasteiger partial charge in [-0.05, 0) is 106 Å². The number of alkyl halides is 6. The van der Waals surface area contributed by atoms with Crippen molar-refractivity contribution in [3.05, 3.63) is 36.5 Å². The number of hydrogen-bond acceptors (Lipinski definition) is 9. The molecular weight excluding hydrogens is 702 g/mol. The Kier molecular flexibility index (Phi) is 9.38. The Hall–Kier alpha value is -3.36. The predicted octanol–water partition coefficient (Wildman–Crippen LogP) is 6.35. The SMILES string of the molecule is C=C(C(=O)OC1(C)C2CC3CC(C2)CC1C3)C(F)(F)F.C=C(C(=O)OC1C2CC3C(=O)OC1C3O2)C(F)(F)F.O=C1OCCC1C1CC2C=CC1C2. The first-order chi connectivity index (χ1) is 24.3. The van der Waals surface area contributed by atoms with Crippen LogP contribution in [0.15, 0.2) is 36.5 Å². The van der Waals surface area contributed by atoms with Crippen LogP contribution >= 0.6 is 0 Å². The maximum absolute atomic E-state index is 12.5. The summed E-state index contributed by atoms with van der Waals surface area (Å²) in [5, 5.41) is 0. The second-order valence-corrected chi connectivity index (χ2v) is 16.1. The molecule has 9 unspecified atom stereocenters. The highest BCUT2D eigenvalue weighted by atomic mass is 19.4. The van der Waals surface area contributed by atoms with Gasteiger partial charge in [0.05, 0.1) is 24.5 Å². The van der Waals surface area contributed by atoms with E-state index < -0.39 is 77.3 Å². The molecule has 9 atom stereocenters. The van der Waals surface area contributed by atoms with Crippen LogP contribution in [0.3, 0.4) is 0 Å². The lowest BCUT2D eigenvalue weighted by molar-refractivity contribution is -0.204. The van der Waals surface area contributed by atoms with Crippen LogP contribution in [-0.4, -0.2) is 72.9 Å². The summed E-state index contributed by atoms with van der Waals surface area (Å²) in [6.45, 7) is 7.97. The molecule has 4 aliphatic heterocycles. The second kappa shape index (κ2) is 13.2. The van der Waals surface area contributed by atoms with Gasteiger partial charge in [0.2, 0.25) is 0 Å². The van der Waals surface area contributed by atoms with Gasteiger partial charge in [-0.3, -0.25) is 9.59 Å². The van der Waals surface area contributed by atoms with Crippen molar-refractivity contribution in [1.29, 1.82) is 0 Å². The summed E-state index contributed by atoms with van der Waals surface area (Å²) in [4.78, 5) is 45.9. The fourth-order valence-electron chi connectivity index (χ4n) is 10.5. The minimum Gasteiger partial charge on any atom is -0.465 e. The van der Waals surface area contributed by atoms with E-state index in [-0.39, 0.29) is 23.7 Å². The van der Waals surface area contributed by atoms with Gasteiger partial charge in [-0.1, -0.05) is 25.3 Å². The molecule has 9 nitrogen and oxygen atoms in total. The van der Waals surface area contributed by atoms with E-state index in [9.17, 15) is 45.5 Å². The van der Waals surface area contributed by atoms with Crippen molar-refractivity contribution in [1.82, 2.24) is 0 Å². The Labute approximate surface area is 296 Å². The Morgan fingerprint density at radius 3 is 1.92 bits per heavy atom. The van der Waals surface area contributed by atoms with Gasteiger partial charge in [0.15, 0.2) is 12.2 Å². The third-order valence-electron chi connectivity index (χ3n) is 13.1. The van der Waals surface area contributed by atoms with Crippen LogP contribution in [0.25, 0.3) is 0 Å². The van der Waals surface area contributed by atoms with Gasteiger partial charge in [0, 0.05) is 0 Å². The van der Waals surface area contributed by atoms with E-state index in [4.69, 9.17) is 23.7 Å². The van der Waals surface area contributed by atoms with Crippen LogP contribution in [-0.2, 0) is 42.9 Å². The number of rotatable bonds is 5. The average molecular weight is 745 g/mol. The number of cyclic esters (lactones) is 1. The number of carbonyl (C=O) groups is 4. The largest absolute Gasteiger partial charge is 0.465 e. The Morgan fingerprint density at radius 1 is 0.788 bits per heavy atom. The lowest BCUT2D eigenvalue weighted by Crippen LogP contribution is -2.58. The zero-order valence-corrected chi connectivity index (χ0v) is 28.6. The molecule has 0 aromatic rings. The highest BCUT2D eigenvalue weighted by Crippen LogP contribution is 2.59. The summed E-state index contributed by atoms with van der Waals surface area (Å²) >= 11 is 0. The van der Waals surface area contributed by atoms with Crippen molar-refractivity contribution < 1.29 is 69.2 Å². The van der Waals surface area contributed by atoms with E-state index in [0.717, 1.165) is 38.0 Å². The topological polar surface area (TPSA) is 114 Å². The third kappa shape index (κ3) is 6.68. The number of carbonyl (C=O) groups excluding carboxylic acids is 4. The number of esters is 4. The van der Waals surface area contributed by atoms with Crippen molar-refractivity contribution in [3.8, 4) is 0 Å². The van der Waals surface area contributed by atoms with Crippen LogP contribution in [0.5, 0.6) is 0 Å². The van der Waals surface area contributed by atoms with Gasteiger partial charge in [0.1, 0.15) is 22.9 Å². The first-order valence-electron chi connectivity index (χ1n) is 18.0. The molecule has 10 aliphatic rings. The summed E-state index contributed by atoms with van der Waals surface area (Å²) in [5.41, 5.74) is -3.72. The predicted molar refractivity (Wildman–Crippen MR) is 166 cm³/mol. The molecule has 0 aromatic heterocycles. The summed E-state index contributed by atoms with van der Waals surface area (Å²) in [6.07, 6.45) is 1.12. The highest BCUT2D eigenvalue weighted by molar-refractivity contribution is 5.90.